The molecule has 2 heterocycles. The van der Waals surface area contributed by atoms with Crippen molar-refractivity contribution in [2.45, 2.75) is 38.3 Å². The van der Waals surface area contributed by atoms with E-state index in [0.717, 1.165) is 38.6 Å². The molecule has 1 amide bonds. The predicted octanol–water partition coefficient (Wildman–Crippen LogP) is 3.48. The molecular weight excluding hydrogens is 453 g/mol. The number of carboxylic acids is 1. The fraction of sp³-hybridized carbons (Fsp3) is 0.682. The zero-order valence-corrected chi connectivity index (χ0v) is 18.3. The number of hydrogen-bond donors (Lipinski definition) is 3. The number of carbonyl (C=O) groups excluding carboxylic acids is 1. The predicted molar refractivity (Wildman–Crippen MR) is 112 cm³/mol. The highest BCUT2D eigenvalue weighted by molar-refractivity contribution is 9.10. The first-order chi connectivity index (χ1) is 14.4. The average molecular weight is 480 g/mol. The standard InChI is InChI=1S/C22H27BrFN3O3/c23-17-4-1-13(9-26-17)27-20(28)18-14-2-3-15(19(18)21(29)30)22(14)8-12(22)7-11-5-6-25-10-16(11)24/h1,4,9,11-12,14-16,18-19,25H,2-3,5-8,10H2,(H,27,28)(H,29,30)/t11-,12?,14+,15-,16-,18-,19-,22?/m1/s1. The van der Waals surface area contributed by atoms with Crippen molar-refractivity contribution in [1.82, 2.24) is 10.3 Å². The first-order valence-corrected chi connectivity index (χ1v) is 11.7. The molecule has 1 aromatic rings. The lowest BCUT2D eigenvalue weighted by atomic mass is 9.78. The Labute approximate surface area is 183 Å². The number of piperidine rings is 1. The minimum atomic E-state index is -0.869. The van der Waals surface area contributed by atoms with Crippen molar-refractivity contribution in [1.29, 1.82) is 0 Å². The van der Waals surface area contributed by atoms with Gasteiger partial charge in [0.25, 0.3) is 0 Å². The summed E-state index contributed by atoms with van der Waals surface area (Å²) in [5.41, 5.74) is 0.500. The molecule has 3 saturated carbocycles. The Kier molecular flexibility index (Phi) is 5.13. The molecule has 3 N–H and O–H groups in total. The van der Waals surface area contributed by atoms with E-state index in [1.165, 1.54) is 0 Å². The van der Waals surface area contributed by atoms with Crippen LogP contribution in [-0.4, -0.2) is 41.2 Å². The Hall–Kier alpha value is -1.54. The quantitative estimate of drug-likeness (QED) is 0.562. The number of nitrogens with one attached hydrogen (secondary N) is 2. The first-order valence-electron chi connectivity index (χ1n) is 10.9. The third kappa shape index (κ3) is 3.18. The number of aliphatic carboxylic acids is 1. The maximum Gasteiger partial charge on any atom is 0.307 e. The third-order valence-corrected chi connectivity index (χ3v) is 8.81. The number of anilines is 1. The second kappa shape index (κ2) is 7.55. The fourth-order valence-electron chi connectivity index (χ4n) is 7.13. The van der Waals surface area contributed by atoms with E-state index < -0.39 is 24.0 Å². The monoisotopic (exact) mass is 479 g/mol. The molecule has 1 saturated heterocycles. The second-order valence-electron chi connectivity index (χ2n) is 9.56. The van der Waals surface area contributed by atoms with Gasteiger partial charge < -0.3 is 15.7 Å². The van der Waals surface area contributed by atoms with Crippen molar-refractivity contribution < 1.29 is 19.1 Å². The van der Waals surface area contributed by atoms with Gasteiger partial charge in [-0.2, -0.15) is 0 Å². The number of alkyl halides is 1. The van der Waals surface area contributed by atoms with Crippen LogP contribution < -0.4 is 10.6 Å². The van der Waals surface area contributed by atoms with E-state index >= 15 is 0 Å². The van der Waals surface area contributed by atoms with Crippen LogP contribution in [0.25, 0.3) is 0 Å². The summed E-state index contributed by atoms with van der Waals surface area (Å²) in [6, 6.07) is 3.50. The number of aromatic nitrogens is 1. The van der Waals surface area contributed by atoms with Crippen LogP contribution in [0.2, 0.25) is 0 Å². The van der Waals surface area contributed by atoms with Crippen molar-refractivity contribution in [3.8, 4) is 0 Å². The molecule has 0 radical (unpaired) electrons. The second-order valence-corrected chi connectivity index (χ2v) is 10.4. The highest BCUT2D eigenvalue weighted by Crippen LogP contribution is 2.78. The minimum Gasteiger partial charge on any atom is -0.481 e. The number of nitrogens with zero attached hydrogens (tertiary/aromatic N) is 1. The molecule has 30 heavy (non-hydrogen) atoms. The van der Waals surface area contributed by atoms with Gasteiger partial charge in [0.15, 0.2) is 0 Å². The van der Waals surface area contributed by atoms with Gasteiger partial charge in [-0.25, -0.2) is 9.37 Å². The Balaban J connectivity index is 1.35. The van der Waals surface area contributed by atoms with E-state index in [-0.39, 0.29) is 29.1 Å². The van der Waals surface area contributed by atoms with Crippen LogP contribution >= 0.6 is 15.9 Å². The number of rotatable bonds is 5. The summed E-state index contributed by atoms with van der Waals surface area (Å²) in [5, 5.41) is 16.0. The Morgan fingerprint density at radius 1 is 1.27 bits per heavy atom. The molecule has 4 fully saturated rings. The summed E-state index contributed by atoms with van der Waals surface area (Å²) in [7, 11) is 0. The van der Waals surface area contributed by atoms with Crippen LogP contribution in [0.3, 0.4) is 0 Å². The lowest BCUT2D eigenvalue weighted by Gasteiger charge is -2.28. The largest absolute Gasteiger partial charge is 0.481 e. The summed E-state index contributed by atoms with van der Waals surface area (Å²) >= 11 is 3.28. The summed E-state index contributed by atoms with van der Waals surface area (Å²) < 4.78 is 15.0. The number of amides is 1. The van der Waals surface area contributed by atoms with E-state index in [9.17, 15) is 19.1 Å². The molecule has 1 aromatic heterocycles. The summed E-state index contributed by atoms with van der Waals surface area (Å²) in [6.07, 6.45) is 5.12. The molecule has 1 spiro atoms. The number of hydrogen-bond acceptors (Lipinski definition) is 4. The van der Waals surface area contributed by atoms with Crippen molar-refractivity contribution in [3.63, 3.8) is 0 Å². The van der Waals surface area contributed by atoms with E-state index in [0.29, 0.717) is 22.8 Å². The van der Waals surface area contributed by atoms with Crippen LogP contribution in [0.4, 0.5) is 10.1 Å². The molecule has 5 rings (SSSR count). The normalized spacial score (nSPS) is 41.7. The van der Waals surface area contributed by atoms with Gasteiger partial charge in [-0.15, -0.1) is 0 Å². The first kappa shape index (κ1) is 20.4. The maximum absolute atomic E-state index is 14.4. The summed E-state index contributed by atoms with van der Waals surface area (Å²) in [6.45, 7) is 1.27. The van der Waals surface area contributed by atoms with Gasteiger partial charge >= 0.3 is 5.97 Å². The number of carbonyl (C=O) groups is 2. The van der Waals surface area contributed by atoms with E-state index in [1.807, 2.05) is 0 Å². The molecular formula is C22H27BrFN3O3. The maximum atomic E-state index is 14.4. The molecule has 8 atom stereocenters. The molecule has 162 valence electrons. The SMILES string of the molecule is O=C(O)[C@H]1[C@H](C(=O)Nc2ccc(Br)nc2)[C@@H]2CC[C@H]1C21CC1C[C@H]1CCNC[C@H]1F. The van der Waals surface area contributed by atoms with E-state index in [1.54, 1.807) is 18.3 Å². The Bertz CT molecular complexity index is 853. The number of carboxylic acid groups (broad SMARTS) is 1. The van der Waals surface area contributed by atoms with Crippen molar-refractivity contribution in [3.05, 3.63) is 22.9 Å². The van der Waals surface area contributed by atoms with E-state index in [2.05, 4.69) is 31.5 Å². The highest BCUT2D eigenvalue weighted by Gasteiger charge is 2.76. The molecule has 4 aliphatic rings. The Morgan fingerprint density at radius 2 is 2.03 bits per heavy atom. The smallest absolute Gasteiger partial charge is 0.307 e. The molecule has 8 heteroatoms. The fourth-order valence-corrected chi connectivity index (χ4v) is 7.37. The molecule has 0 aromatic carbocycles. The zero-order valence-electron chi connectivity index (χ0n) is 16.7. The topological polar surface area (TPSA) is 91.3 Å². The zero-order chi connectivity index (χ0) is 21.0. The van der Waals surface area contributed by atoms with Crippen LogP contribution in [0.5, 0.6) is 0 Å². The van der Waals surface area contributed by atoms with Gasteiger partial charge in [-0.05, 0) is 95.8 Å². The average Bonchev–Trinajstić information content (AvgIpc) is 3.23. The van der Waals surface area contributed by atoms with E-state index in [4.69, 9.17) is 0 Å². The Morgan fingerprint density at radius 3 is 2.70 bits per heavy atom. The third-order valence-electron chi connectivity index (χ3n) is 8.34. The van der Waals surface area contributed by atoms with Crippen molar-refractivity contribution in [2.24, 2.45) is 40.9 Å². The van der Waals surface area contributed by atoms with Gasteiger partial charge in [0.2, 0.25) is 5.91 Å². The van der Waals surface area contributed by atoms with Gasteiger partial charge in [0.05, 0.1) is 23.7 Å². The van der Waals surface area contributed by atoms with Gasteiger partial charge in [0, 0.05) is 6.54 Å². The van der Waals surface area contributed by atoms with Crippen LogP contribution in [0, 0.1) is 40.9 Å². The summed E-state index contributed by atoms with van der Waals surface area (Å²) in [5.74, 6) is -1.73. The molecule has 1 aliphatic heterocycles. The van der Waals surface area contributed by atoms with Crippen LogP contribution in [0.1, 0.15) is 32.1 Å². The van der Waals surface area contributed by atoms with Gasteiger partial charge in [-0.3, -0.25) is 9.59 Å². The molecule has 3 aliphatic carbocycles. The lowest BCUT2D eigenvalue weighted by molar-refractivity contribution is -0.148. The summed E-state index contributed by atoms with van der Waals surface area (Å²) in [4.78, 5) is 29.5. The lowest BCUT2D eigenvalue weighted by Crippen LogP contribution is -2.38. The van der Waals surface area contributed by atoms with Gasteiger partial charge in [0.1, 0.15) is 10.8 Å². The van der Waals surface area contributed by atoms with Crippen LogP contribution in [-0.2, 0) is 9.59 Å². The minimum absolute atomic E-state index is 0.0311. The number of halogens is 2. The number of pyridine rings is 1. The highest BCUT2D eigenvalue weighted by atomic mass is 79.9. The molecule has 2 unspecified atom stereocenters. The van der Waals surface area contributed by atoms with Crippen molar-refractivity contribution in [2.75, 3.05) is 18.4 Å². The molecule has 6 nitrogen and oxygen atoms in total. The van der Waals surface area contributed by atoms with Crippen molar-refractivity contribution >= 4 is 33.5 Å². The van der Waals surface area contributed by atoms with Crippen LogP contribution in [0.15, 0.2) is 22.9 Å². The van der Waals surface area contributed by atoms with Gasteiger partial charge in [-0.1, -0.05) is 0 Å². The molecule has 2 bridgehead atoms.